The molecular weight excluding hydrogens is 320 g/mol. The number of carbonyl (C=O) groups is 2. The number of thioether (sulfide) groups is 1. The van der Waals surface area contributed by atoms with Crippen molar-refractivity contribution in [3.05, 3.63) is 28.8 Å². The number of benzene rings is 1. The summed E-state index contributed by atoms with van der Waals surface area (Å²) < 4.78 is 0. The van der Waals surface area contributed by atoms with Gasteiger partial charge in [0, 0.05) is 31.5 Å². The number of rotatable bonds is 4. The van der Waals surface area contributed by atoms with Gasteiger partial charge >= 0.3 is 0 Å². The summed E-state index contributed by atoms with van der Waals surface area (Å²) in [6.45, 7) is 1.36. The average molecular weight is 341 g/mol. The van der Waals surface area contributed by atoms with Crippen molar-refractivity contribution in [3.8, 4) is 0 Å². The summed E-state index contributed by atoms with van der Waals surface area (Å²) in [5, 5.41) is 3.15. The van der Waals surface area contributed by atoms with Crippen LogP contribution in [0.1, 0.15) is 29.6 Å². The molecule has 2 rings (SSSR count). The molecule has 1 aromatic rings. The maximum atomic E-state index is 12.6. The fraction of sp³-hybridized carbons (Fsp3) is 0.500. The molecule has 0 unspecified atom stereocenters. The fourth-order valence-corrected chi connectivity index (χ4v) is 3.31. The predicted octanol–water partition coefficient (Wildman–Crippen LogP) is 3.05. The van der Waals surface area contributed by atoms with Gasteiger partial charge in [-0.25, -0.2) is 0 Å². The van der Waals surface area contributed by atoms with Gasteiger partial charge in [0.2, 0.25) is 5.91 Å². The number of likely N-dealkylation sites (tertiary alicyclic amines) is 1. The van der Waals surface area contributed by atoms with Crippen molar-refractivity contribution in [1.82, 2.24) is 10.2 Å². The van der Waals surface area contributed by atoms with E-state index in [2.05, 4.69) is 5.32 Å². The average Bonchev–Trinajstić information content (AvgIpc) is 2.55. The number of halogens is 1. The number of piperidine rings is 1. The van der Waals surface area contributed by atoms with Gasteiger partial charge in [-0.15, -0.1) is 11.8 Å². The predicted molar refractivity (Wildman–Crippen MR) is 90.5 cm³/mol. The lowest BCUT2D eigenvalue weighted by molar-refractivity contribution is -0.121. The van der Waals surface area contributed by atoms with Crippen LogP contribution in [0.25, 0.3) is 0 Å². The van der Waals surface area contributed by atoms with Crippen LogP contribution in [0, 0.1) is 5.92 Å². The minimum Gasteiger partial charge on any atom is -0.359 e. The molecule has 1 N–H and O–H groups in total. The number of hydrogen-bond acceptors (Lipinski definition) is 3. The van der Waals surface area contributed by atoms with Crippen molar-refractivity contribution in [2.24, 2.45) is 5.92 Å². The standard InChI is InChI=1S/C16H21ClN2O2S/c1-18-15(20)9-11-5-7-19(8-6-11)16(21)13-10-12(22-2)3-4-14(13)17/h3-4,10-11H,5-9H2,1-2H3,(H,18,20). The van der Waals surface area contributed by atoms with Gasteiger partial charge in [-0.05, 0) is 43.2 Å². The van der Waals surface area contributed by atoms with Gasteiger partial charge in [0.25, 0.3) is 5.91 Å². The Hall–Kier alpha value is -1.20. The van der Waals surface area contributed by atoms with Crippen LogP contribution in [0.3, 0.4) is 0 Å². The molecule has 1 aliphatic rings. The van der Waals surface area contributed by atoms with Crippen LogP contribution >= 0.6 is 23.4 Å². The van der Waals surface area contributed by atoms with E-state index in [4.69, 9.17) is 11.6 Å². The van der Waals surface area contributed by atoms with Gasteiger partial charge < -0.3 is 10.2 Å². The number of hydrogen-bond donors (Lipinski definition) is 1. The molecule has 1 saturated heterocycles. The molecule has 0 spiro atoms. The molecule has 0 aliphatic carbocycles. The molecule has 22 heavy (non-hydrogen) atoms. The molecule has 1 fully saturated rings. The molecular formula is C16H21ClN2O2S. The third kappa shape index (κ3) is 4.17. The van der Waals surface area contributed by atoms with E-state index in [-0.39, 0.29) is 11.8 Å². The molecule has 1 heterocycles. The first-order valence-corrected chi connectivity index (χ1v) is 8.98. The normalized spacial score (nSPS) is 15.7. The number of amides is 2. The zero-order chi connectivity index (χ0) is 16.1. The van der Waals surface area contributed by atoms with Gasteiger partial charge in [-0.2, -0.15) is 0 Å². The first kappa shape index (κ1) is 17.2. The number of carbonyl (C=O) groups excluding carboxylic acids is 2. The van der Waals surface area contributed by atoms with Crippen LogP contribution in [-0.4, -0.2) is 43.1 Å². The first-order chi connectivity index (χ1) is 10.5. The van der Waals surface area contributed by atoms with Crippen molar-refractivity contribution in [2.45, 2.75) is 24.2 Å². The zero-order valence-electron chi connectivity index (χ0n) is 12.9. The third-order valence-electron chi connectivity index (χ3n) is 4.06. The molecule has 0 radical (unpaired) electrons. The highest BCUT2D eigenvalue weighted by molar-refractivity contribution is 7.98. The Kier molecular flexibility index (Phi) is 6.15. The quantitative estimate of drug-likeness (QED) is 0.857. The van der Waals surface area contributed by atoms with Crippen LogP contribution < -0.4 is 5.32 Å². The SMILES string of the molecule is CNC(=O)CC1CCN(C(=O)c2cc(SC)ccc2Cl)CC1. The Morgan fingerprint density at radius 2 is 2.05 bits per heavy atom. The first-order valence-electron chi connectivity index (χ1n) is 7.38. The lowest BCUT2D eigenvalue weighted by Crippen LogP contribution is -2.39. The van der Waals surface area contributed by atoms with Crippen LogP contribution in [0.5, 0.6) is 0 Å². The monoisotopic (exact) mass is 340 g/mol. The Morgan fingerprint density at radius 3 is 2.64 bits per heavy atom. The Labute approximate surface area is 140 Å². The van der Waals surface area contributed by atoms with E-state index in [1.807, 2.05) is 23.3 Å². The van der Waals surface area contributed by atoms with E-state index in [0.717, 1.165) is 17.7 Å². The molecule has 0 saturated carbocycles. The summed E-state index contributed by atoms with van der Waals surface area (Å²) in [6.07, 6.45) is 4.24. The van der Waals surface area contributed by atoms with Gasteiger partial charge in [-0.3, -0.25) is 9.59 Å². The lowest BCUT2D eigenvalue weighted by Gasteiger charge is -2.32. The van der Waals surface area contributed by atoms with Crippen molar-refractivity contribution in [1.29, 1.82) is 0 Å². The molecule has 0 aromatic heterocycles. The molecule has 2 amide bonds. The molecule has 0 bridgehead atoms. The molecule has 1 aliphatic heterocycles. The summed E-state index contributed by atoms with van der Waals surface area (Å²) in [5.41, 5.74) is 0.568. The van der Waals surface area contributed by atoms with Crippen molar-refractivity contribution < 1.29 is 9.59 Å². The van der Waals surface area contributed by atoms with E-state index in [1.54, 1.807) is 24.9 Å². The fourth-order valence-electron chi connectivity index (χ4n) is 2.67. The van der Waals surface area contributed by atoms with E-state index < -0.39 is 0 Å². The van der Waals surface area contributed by atoms with Crippen molar-refractivity contribution >= 4 is 35.2 Å². The summed E-state index contributed by atoms with van der Waals surface area (Å²) in [6, 6.07) is 5.55. The second-order valence-corrected chi connectivity index (χ2v) is 6.75. The summed E-state index contributed by atoms with van der Waals surface area (Å²) in [4.78, 5) is 26.9. The van der Waals surface area contributed by atoms with Crippen molar-refractivity contribution in [3.63, 3.8) is 0 Å². The van der Waals surface area contributed by atoms with Gasteiger partial charge in [0.1, 0.15) is 0 Å². The number of nitrogens with zero attached hydrogens (tertiary/aromatic N) is 1. The maximum Gasteiger partial charge on any atom is 0.255 e. The second kappa shape index (κ2) is 7.88. The largest absolute Gasteiger partial charge is 0.359 e. The van der Waals surface area contributed by atoms with Gasteiger partial charge in [0.15, 0.2) is 0 Å². The molecule has 0 atom stereocenters. The van der Waals surface area contributed by atoms with Crippen LogP contribution in [0.4, 0.5) is 0 Å². The summed E-state index contributed by atoms with van der Waals surface area (Å²) >= 11 is 7.77. The molecule has 120 valence electrons. The van der Waals surface area contributed by atoms with Crippen LogP contribution in [0.2, 0.25) is 5.02 Å². The van der Waals surface area contributed by atoms with Gasteiger partial charge in [0.05, 0.1) is 10.6 Å². The van der Waals surface area contributed by atoms with Crippen LogP contribution in [-0.2, 0) is 4.79 Å². The minimum absolute atomic E-state index is 0.0145. The highest BCUT2D eigenvalue weighted by Crippen LogP contribution is 2.27. The van der Waals surface area contributed by atoms with E-state index in [0.29, 0.717) is 36.0 Å². The van der Waals surface area contributed by atoms with Gasteiger partial charge in [-0.1, -0.05) is 11.6 Å². The number of nitrogens with one attached hydrogen (secondary N) is 1. The Morgan fingerprint density at radius 1 is 1.36 bits per heavy atom. The lowest BCUT2D eigenvalue weighted by atomic mass is 9.93. The maximum absolute atomic E-state index is 12.6. The van der Waals surface area contributed by atoms with E-state index in [1.165, 1.54) is 0 Å². The Balaban J connectivity index is 1.99. The Bertz CT molecular complexity index is 557. The molecule has 6 heteroatoms. The third-order valence-corrected chi connectivity index (χ3v) is 5.11. The topological polar surface area (TPSA) is 49.4 Å². The van der Waals surface area contributed by atoms with E-state index >= 15 is 0 Å². The summed E-state index contributed by atoms with van der Waals surface area (Å²) in [5.74, 6) is 0.414. The highest BCUT2D eigenvalue weighted by atomic mass is 35.5. The minimum atomic E-state index is -0.0145. The highest BCUT2D eigenvalue weighted by Gasteiger charge is 2.26. The molecule has 1 aromatic carbocycles. The van der Waals surface area contributed by atoms with E-state index in [9.17, 15) is 9.59 Å². The zero-order valence-corrected chi connectivity index (χ0v) is 14.5. The second-order valence-electron chi connectivity index (χ2n) is 5.46. The smallest absolute Gasteiger partial charge is 0.255 e. The molecule has 4 nitrogen and oxygen atoms in total. The summed E-state index contributed by atoms with van der Waals surface area (Å²) in [7, 11) is 1.65. The van der Waals surface area contributed by atoms with Crippen molar-refractivity contribution in [2.75, 3.05) is 26.4 Å². The van der Waals surface area contributed by atoms with Crippen LogP contribution in [0.15, 0.2) is 23.1 Å².